The highest BCUT2D eigenvalue weighted by Crippen LogP contribution is 2.28. The molecule has 1 aliphatic rings. The minimum Gasteiger partial charge on any atom is -0.313 e. The van der Waals surface area contributed by atoms with Crippen molar-refractivity contribution in [2.75, 3.05) is 12.3 Å². The number of nitrogens with one attached hydrogen (secondary N) is 1. The number of hydrogen-bond acceptors (Lipinski definition) is 6. The molecule has 0 amide bonds. The zero-order chi connectivity index (χ0) is 14.8. The van der Waals surface area contributed by atoms with Crippen LogP contribution in [0.3, 0.4) is 0 Å². The van der Waals surface area contributed by atoms with Crippen molar-refractivity contribution in [2.24, 2.45) is 0 Å². The van der Waals surface area contributed by atoms with Gasteiger partial charge < -0.3 is 5.32 Å². The van der Waals surface area contributed by atoms with E-state index in [1.807, 2.05) is 0 Å². The monoisotopic (exact) mass is 325 g/mol. The number of hydrogen-bond donors (Lipinski definition) is 1. The molecule has 0 unspecified atom stereocenters. The summed E-state index contributed by atoms with van der Waals surface area (Å²) < 4.78 is 13.8. The van der Waals surface area contributed by atoms with Crippen LogP contribution in [-0.4, -0.2) is 32.5 Å². The van der Waals surface area contributed by atoms with Gasteiger partial charge in [-0.3, -0.25) is 14.3 Å². The summed E-state index contributed by atoms with van der Waals surface area (Å²) in [4.78, 5) is 14.6. The maximum Gasteiger partial charge on any atom is 0.271 e. The molecule has 0 saturated carbocycles. The van der Waals surface area contributed by atoms with Crippen LogP contribution in [0.15, 0.2) is 22.5 Å². The van der Waals surface area contributed by atoms with Crippen LogP contribution in [0, 0.1) is 10.1 Å². The highest BCUT2D eigenvalue weighted by Gasteiger charge is 2.19. The van der Waals surface area contributed by atoms with Crippen molar-refractivity contribution in [3.8, 4) is 0 Å². The van der Waals surface area contributed by atoms with Gasteiger partial charge in [0.1, 0.15) is 0 Å². The topological polar surface area (TPSA) is 85.1 Å². The Hall–Kier alpha value is -1.38. The van der Waals surface area contributed by atoms with E-state index in [1.54, 1.807) is 6.07 Å². The predicted molar refractivity (Wildman–Crippen MR) is 83.2 cm³/mol. The van der Waals surface area contributed by atoms with E-state index in [-0.39, 0.29) is 11.7 Å². The van der Waals surface area contributed by atoms with Crippen LogP contribution in [0.1, 0.15) is 19.3 Å². The number of nitrogens with zero attached hydrogens (tertiary/aromatic N) is 2. The summed E-state index contributed by atoms with van der Waals surface area (Å²) in [5.41, 5.74) is 0.563. The van der Waals surface area contributed by atoms with Gasteiger partial charge in [0, 0.05) is 23.9 Å². The fourth-order valence-corrected chi connectivity index (χ4v) is 4.94. The van der Waals surface area contributed by atoms with Crippen LogP contribution in [0.4, 0.5) is 5.69 Å². The Morgan fingerprint density at radius 2 is 2.33 bits per heavy atom. The van der Waals surface area contributed by atoms with Crippen LogP contribution in [0.5, 0.6) is 0 Å². The first kappa shape index (κ1) is 14.6. The lowest BCUT2D eigenvalue weighted by atomic mass is 10.1. The Kier molecular flexibility index (Phi) is 4.27. The second-order valence-corrected chi connectivity index (χ2v) is 7.75. The van der Waals surface area contributed by atoms with E-state index in [9.17, 15) is 14.3 Å². The Bertz CT molecular complexity index is 695. The predicted octanol–water partition coefficient (Wildman–Crippen LogP) is 2.45. The van der Waals surface area contributed by atoms with Crippen LogP contribution >= 0.6 is 11.3 Å². The quantitative estimate of drug-likeness (QED) is 0.689. The summed E-state index contributed by atoms with van der Waals surface area (Å²) >= 11 is 1.35. The lowest BCUT2D eigenvalue weighted by Gasteiger charge is -2.22. The molecule has 1 N–H and O–H groups in total. The van der Waals surface area contributed by atoms with Gasteiger partial charge in [0.15, 0.2) is 4.34 Å². The van der Waals surface area contributed by atoms with Crippen molar-refractivity contribution in [3.05, 3.63) is 28.3 Å². The van der Waals surface area contributed by atoms with Crippen LogP contribution in [-0.2, 0) is 10.8 Å². The minimum atomic E-state index is -1.16. The van der Waals surface area contributed by atoms with Crippen LogP contribution in [0.2, 0.25) is 0 Å². The number of nitro groups is 1. The number of non-ortho nitro benzene ring substituents is 1. The molecule has 1 aromatic carbocycles. The summed E-state index contributed by atoms with van der Waals surface area (Å²) in [5.74, 6) is 0.557. The van der Waals surface area contributed by atoms with Gasteiger partial charge in [-0.2, -0.15) is 0 Å². The lowest BCUT2D eigenvalue weighted by molar-refractivity contribution is -0.384. The Morgan fingerprint density at radius 3 is 3.05 bits per heavy atom. The summed E-state index contributed by atoms with van der Waals surface area (Å²) in [6.45, 7) is 0.980. The molecule has 2 atom stereocenters. The Morgan fingerprint density at radius 1 is 1.48 bits per heavy atom. The molecule has 2 aromatic rings. The van der Waals surface area contributed by atoms with Crippen LogP contribution in [0.25, 0.3) is 10.2 Å². The number of piperidine rings is 1. The fourth-order valence-electron chi connectivity index (χ4n) is 2.43. The molecule has 0 bridgehead atoms. The van der Waals surface area contributed by atoms with E-state index in [0.29, 0.717) is 15.6 Å². The van der Waals surface area contributed by atoms with Gasteiger partial charge in [0.2, 0.25) is 0 Å². The highest BCUT2D eigenvalue weighted by atomic mass is 32.2. The van der Waals surface area contributed by atoms with Gasteiger partial charge in [-0.15, -0.1) is 11.3 Å². The molecule has 1 aliphatic heterocycles. The number of fused-ring (bicyclic) bond motifs is 1. The minimum absolute atomic E-state index is 0.0130. The summed E-state index contributed by atoms with van der Waals surface area (Å²) in [5, 5.41) is 14.1. The number of aromatic nitrogens is 1. The third kappa shape index (κ3) is 3.28. The Labute approximate surface area is 128 Å². The SMILES string of the molecule is O=[N+]([O-])c1ccc2sc([S@@](=O)C[C@@H]3CCCCN3)nc2c1. The van der Waals surface area contributed by atoms with Gasteiger partial charge in [-0.25, -0.2) is 4.98 Å². The van der Waals surface area contributed by atoms with E-state index in [0.717, 1.165) is 17.7 Å². The fraction of sp³-hybridized carbons (Fsp3) is 0.462. The second kappa shape index (κ2) is 6.17. The van der Waals surface area contributed by atoms with Gasteiger partial charge in [0.05, 0.1) is 25.9 Å². The van der Waals surface area contributed by atoms with Crippen molar-refractivity contribution < 1.29 is 9.13 Å². The smallest absolute Gasteiger partial charge is 0.271 e. The summed E-state index contributed by atoms with van der Waals surface area (Å²) in [6.07, 6.45) is 3.39. The molecular formula is C13H15N3O3S2. The van der Waals surface area contributed by atoms with Crippen molar-refractivity contribution in [2.45, 2.75) is 29.6 Å². The average molecular weight is 325 g/mol. The maximum absolute atomic E-state index is 12.4. The molecule has 21 heavy (non-hydrogen) atoms. The normalized spacial score (nSPS) is 20.5. The van der Waals surface area contributed by atoms with E-state index < -0.39 is 15.7 Å². The molecule has 1 saturated heterocycles. The standard InChI is InChI=1S/C13H15N3O3S2/c17-16(18)10-4-5-12-11(7-10)15-13(20-12)21(19)8-9-3-1-2-6-14-9/h4-5,7,9,14H,1-3,6,8H2/t9-,21-/m0/s1. The van der Waals surface area contributed by atoms with Crippen LogP contribution < -0.4 is 5.32 Å². The molecule has 1 fully saturated rings. The molecule has 0 spiro atoms. The van der Waals surface area contributed by atoms with Crippen molar-refractivity contribution in [1.82, 2.24) is 10.3 Å². The summed E-state index contributed by atoms with van der Waals surface area (Å²) in [6, 6.07) is 4.84. The molecule has 0 aliphatic carbocycles. The van der Waals surface area contributed by atoms with Gasteiger partial charge in [0.25, 0.3) is 5.69 Å². The first-order chi connectivity index (χ1) is 10.1. The van der Waals surface area contributed by atoms with Gasteiger partial charge in [-0.1, -0.05) is 6.42 Å². The van der Waals surface area contributed by atoms with E-state index in [4.69, 9.17) is 0 Å². The maximum atomic E-state index is 12.4. The lowest BCUT2D eigenvalue weighted by Crippen LogP contribution is -2.38. The van der Waals surface area contributed by atoms with E-state index in [2.05, 4.69) is 10.3 Å². The molecule has 3 rings (SSSR count). The average Bonchev–Trinajstić information content (AvgIpc) is 2.91. The van der Waals surface area contributed by atoms with Crippen molar-refractivity contribution >= 4 is 38.0 Å². The molecule has 2 heterocycles. The van der Waals surface area contributed by atoms with Gasteiger partial charge in [-0.05, 0) is 25.5 Å². The van der Waals surface area contributed by atoms with E-state index in [1.165, 1.54) is 36.3 Å². The molecular weight excluding hydrogens is 310 g/mol. The highest BCUT2D eigenvalue weighted by molar-refractivity contribution is 7.87. The molecule has 0 radical (unpaired) electrons. The molecule has 1 aromatic heterocycles. The second-order valence-electron chi connectivity index (χ2n) is 5.05. The Balaban J connectivity index is 1.79. The first-order valence-electron chi connectivity index (χ1n) is 6.80. The molecule has 8 heteroatoms. The van der Waals surface area contributed by atoms with Gasteiger partial charge >= 0.3 is 0 Å². The third-order valence-electron chi connectivity index (χ3n) is 3.52. The zero-order valence-corrected chi connectivity index (χ0v) is 12.9. The molecule has 6 nitrogen and oxygen atoms in total. The number of nitro benzene ring substituents is 1. The largest absolute Gasteiger partial charge is 0.313 e. The summed E-state index contributed by atoms with van der Waals surface area (Å²) in [7, 11) is -1.16. The number of thiazole rings is 1. The molecule has 112 valence electrons. The third-order valence-corrected chi connectivity index (χ3v) is 6.35. The zero-order valence-electron chi connectivity index (χ0n) is 11.3. The number of benzene rings is 1. The van der Waals surface area contributed by atoms with E-state index >= 15 is 0 Å². The first-order valence-corrected chi connectivity index (χ1v) is 8.94. The van der Waals surface area contributed by atoms with Crippen molar-refractivity contribution in [3.63, 3.8) is 0 Å². The van der Waals surface area contributed by atoms with Crippen molar-refractivity contribution in [1.29, 1.82) is 0 Å². The number of rotatable bonds is 4.